The van der Waals surface area contributed by atoms with Crippen LogP contribution in [0.2, 0.25) is 0 Å². The van der Waals surface area contributed by atoms with Gasteiger partial charge in [-0.15, -0.1) is 11.3 Å². The Morgan fingerprint density at radius 2 is 2.17 bits per heavy atom. The molecule has 1 saturated heterocycles. The van der Waals surface area contributed by atoms with Crippen LogP contribution in [0.5, 0.6) is 0 Å². The molecule has 0 bridgehead atoms. The summed E-state index contributed by atoms with van der Waals surface area (Å²) >= 11 is 1.81. The van der Waals surface area contributed by atoms with E-state index < -0.39 is 0 Å². The highest BCUT2D eigenvalue weighted by molar-refractivity contribution is 7.13. The van der Waals surface area contributed by atoms with E-state index >= 15 is 0 Å². The van der Waals surface area contributed by atoms with Gasteiger partial charge >= 0.3 is 0 Å². The molecule has 18 heavy (non-hydrogen) atoms. The molecule has 96 valence electrons. The van der Waals surface area contributed by atoms with E-state index in [4.69, 9.17) is 5.10 Å². The minimum absolute atomic E-state index is 0.614. The molecule has 0 radical (unpaired) electrons. The number of nitrogens with one attached hydrogen (secondary N) is 1. The summed E-state index contributed by atoms with van der Waals surface area (Å²) < 4.78 is 2.03. The molecule has 0 aliphatic carbocycles. The van der Waals surface area contributed by atoms with Crippen LogP contribution >= 0.6 is 11.3 Å². The first-order valence-electron chi connectivity index (χ1n) is 6.55. The summed E-state index contributed by atoms with van der Waals surface area (Å²) in [6.45, 7) is 4.40. The van der Waals surface area contributed by atoms with E-state index in [-0.39, 0.29) is 0 Å². The van der Waals surface area contributed by atoms with Crippen molar-refractivity contribution in [2.75, 3.05) is 13.1 Å². The maximum atomic E-state index is 4.79. The van der Waals surface area contributed by atoms with Gasteiger partial charge in [0.15, 0.2) is 0 Å². The highest BCUT2D eigenvalue weighted by atomic mass is 32.1. The average Bonchev–Trinajstić information content (AvgIpc) is 3.00. The van der Waals surface area contributed by atoms with Gasteiger partial charge in [-0.1, -0.05) is 6.07 Å². The summed E-state index contributed by atoms with van der Waals surface area (Å²) in [5, 5.41) is 10.4. The molecule has 0 atom stereocenters. The molecule has 1 N–H and O–H groups in total. The largest absolute Gasteiger partial charge is 0.317 e. The number of rotatable bonds is 2. The van der Waals surface area contributed by atoms with E-state index in [9.17, 15) is 0 Å². The van der Waals surface area contributed by atoms with E-state index in [2.05, 4.69) is 36.8 Å². The lowest BCUT2D eigenvalue weighted by atomic mass is 9.91. The number of nitrogens with zero attached hydrogens (tertiary/aromatic N) is 2. The van der Waals surface area contributed by atoms with E-state index in [1.54, 1.807) is 0 Å². The quantitative estimate of drug-likeness (QED) is 0.901. The van der Waals surface area contributed by atoms with Crippen LogP contribution in [0.15, 0.2) is 17.5 Å². The van der Waals surface area contributed by atoms with Gasteiger partial charge in [-0.05, 0) is 44.3 Å². The molecule has 3 rings (SSSR count). The fourth-order valence-corrected chi connectivity index (χ4v) is 3.57. The predicted molar refractivity (Wildman–Crippen MR) is 76.1 cm³/mol. The zero-order chi connectivity index (χ0) is 12.5. The van der Waals surface area contributed by atoms with Crippen LogP contribution < -0.4 is 5.32 Å². The van der Waals surface area contributed by atoms with E-state index in [0.29, 0.717) is 5.92 Å². The number of thiophene rings is 1. The van der Waals surface area contributed by atoms with Crippen LogP contribution in [0.4, 0.5) is 0 Å². The third-order valence-electron chi connectivity index (χ3n) is 3.85. The standard InChI is InChI=1S/C14H19N3S/c1-10-13(12-4-3-9-18-12)14(16-17(10)2)11-5-7-15-8-6-11/h3-4,9,11,15H,5-8H2,1-2H3. The fraction of sp³-hybridized carbons (Fsp3) is 0.500. The first-order valence-corrected chi connectivity index (χ1v) is 7.43. The summed E-state index contributed by atoms with van der Waals surface area (Å²) in [6.07, 6.45) is 2.41. The average molecular weight is 261 g/mol. The Kier molecular flexibility index (Phi) is 3.22. The molecule has 2 aromatic heterocycles. The zero-order valence-corrected chi connectivity index (χ0v) is 11.8. The summed E-state index contributed by atoms with van der Waals surface area (Å²) in [4.78, 5) is 1.36. The summed E-state index contributed by atoms with van der Waals surface area (Å²) in [6, 6.07) is 4.33. The smallest absolute Gasteiger partial charge is 0.0745 e. The zero-order valence-electron chi connectivity index (χ0n) is 10.9. The van der Waals surface area contributed by atoms with E-state index in [1.165, 1.54) is 34.7 Å². The van der Waals surface area contributed by atoms with Gasteiger partial charge in [0.2, 0.25) is 0 Å². The molecular formula is C14H19N3S. The van der Waals surface area contributed by atoms with Gasteiger partial charge in [0.1, 0.15) is 0 Å². The predicted octanol–water partition coefficient (Wildman–Crippen LogP) is 2.92. The Hall–Kier alpha value is -1.13. The molecule has 0 aromatic carbocycles. The molecule has 0 spiro atoms. The van der Waals surface area contributed by atoms with Gasteiger partial charge in [-0.25, -0.2) is 0 Å². The van der Waals surface area contributed by atoms with E-state index in [0.717, 1.165) is 13.1 Å². The summed E-state index contributed by atoms with van der Waals surface area (Å²) in [5.74, 6) is 0.614. The topological polar surface area (TPSA) is 29.9 Å². The Balaban J connectivity index is 2.06. The third kappa shape index (κ3) is 1.99. The van der Waals surface area contributed by atoms with Crippen LogP contribution in [0.25, 0.3) is 10.4 Å². The SMILES string of the molecule is Cc1c(-c2cccs2)c(C2CCNCC2)nn1C. The van der Waals surface area contributed by atoms with Crippen LogP contribution in [0.1, 0.15) is 30.1 Å². The minimum atomic E-state index is 0.614. The maximum Gasteiger partial charge on any atom is 0.0745 e. The molecule has 3 nitrogen and oxygen atoms in total. The van der Waals surface area contributed by atoms with Crippen molar-refractivity contribution >= 4 is 11.3 Å². The first kappa shape index (κ1) is 11.9. The van der Waals surface area contributed by atoms with Gasteiger partial charge in [0.25, 0.3) is 0 Å². The number of aromatic nitrogens is 2. The summed E-state index contributed by atoms with van der Waals surface area (Å²) in [7, 11) is 2.05. The van der Waals surface area contributed by atoms with Crippen molar-refractivity contribution in [2.24, 2.45) is 7.05 Å². The molecule has 0 saturated carbocycles. The number of hydrogen-bond acceptors (Lipinski definition) is 3. The highest BCUT2D eigenvalue weighted by Crippen LogP contribution is 2.37. The Morgan fingerprint density at radius 1 is 1.39 bits per heavy atom. The van der Waals surface area contributed by atoms with Crippen molar-refractivity contribution in [1.29, 1.82) is 0 Å². The fourth-order valence-electron chi connectivity index (χ4n) is 2.74. The minimum Gasteiger partial charge on any atom is -0.317 e. The van der Waals surface area contributed by atoms with Crippen molar-refractivity contribution in [1.82, 2.24) is 15.1 Å². The normalized spacial score (nSPS) is 17.2. The molecule has 2 aromatic rings. The van der Waals surface area contributed by atoms with Crippen LogP contribution in [0.3, 0.4) is 0 Å². The van der Waals surface area contributed by atoms with Gasteiger partial charge in [-0.3, -0.25) is 4.68 Å². The van der Waals surface area contributed by atoms with Gasteiger partial charge in [0.05, 0.1) is 5.69 Å². The maximum absolute atomic E-state index is 4.79. The lowest BCUT2D eigenvalue weighted by Crippen LogP contribution is -2.27. The van der Waals surface area contributed by atoms with E-state index in [1.807, 2.05) is 16.0 Å². The second kappa shape index (κ2) is 4.86. The molecule has 4 heteroatoms. The lowest BCUT2D eigenvalue weighted by Gasteiger charge is -2.21. The van der Waals surface area contributed by atoms with Gasteiger partial charge in [-0.2, -0.15) is 5.10 Å². The Labute approximate surface area is 112 Å². The van der Waals surface area contributed by atoms with Crippen LogP contribution in [-0.4, -0.2) is 22.9 Å². The molecule has 1 fully saturated rings. The number of piperidine rings is 1. The third-order valence-corrected chi connectivity index (χ3v) is 4.74. The highest BCUT2D eigenvalue weighted by Gasteiger charge is 2.24. The molecular weight excluding hydrogens is 242 g/mol. The van der Waals surface area contributed by atoms with Gasteiger partial charge in [0, 0.05) is 29.1 Å². The number of hydrogen-bond donors (Lipinski definition) is 1. The van der Waals surface area contributed by atoms with Crippen molar-refractivity contribution < 1.29 is 0 Å². The van der Waals surface area contributed by atoms with Crippen molar-refractivity contribution in [2.45, 2.75) is 25.7 Å². The number of aryl methyl sites for hydroxylation is 1. The Bertz CT molecular complexity index is 521. The molecule has 0 unspecified atom stereocenters. The van der Waals surface area contributed by atoms with Crippen molar-refractivity contribution in [3.05, 3.63) is 28.9 Å². The second-order valence-corrected chi connectivity index (χ2v) is 5.92. The molecule has 0 amide bonds. The molecule has 1 aliphatic heterocycles. The molecule has 3 heterocycles. The molecule has 1 aliphatic rings. The lowest BCUT2D eigenvalue weighted by molar-refractivity contribution is 0.450. The monoisotopic (exact) mass is 261 g/mol. The van der Waals surface area contributed by atoms with Crippen LogP contribution in [-0.2, 0) is 7.05 Å². The summed E-state index contributed by atoms with van der Waals surface area (Å²) in [5.41, 5.74) is 3.96. The van der Waals surface area contributed by atoms with Crippen LogP contribution in [0, 0.1) is 6.92 Å². The first-order chi connectivity index (χ1) is 8.77. The second-order valence-electron chi connectivity index (χ2n) is 4.97. The van der Waals surface area contributed by atoms with Crippen molar-refractivity contribution in [3.8, 4) is 10.4 Å². The Morgan fingerprint density at radius 3 is 2.83 bits per heavy atom. The van der Waals surface area contributed by atoms with Crippen molar-refractivity contribution in [3.63, 3.8) is 0 Å². The van der Waals surface area contributed by atoms with Gasteiger partial charge < -0.3 is 5.32 Å².